The van der Waals surface area contributed by atoms with Crippen LogP contribution in [0, 0.1) is 24.2 Å². The number of H-pyrrole nitrogens is 1. The maximum atomic E-state index is 13.2. The highest BCUT2D eigenvalue weighted by molar-refractivity contribution is 7.99. The van der Waals surface area contributed by atoms with Crippen molar-refractivity contribution in [3.63, 3.8) is 0 Å². The number of anilines is 2. The number of aromatic nitrogens is 3. The second kappa shape index (κ2) is 12.8. The number of hydrogen-bond donors (Lipinski definition) is 2. The van der Waals surface area contributed by atoms with Crippen molar-refractivity contribution in [3.8, 4) is 6.07 Å². The fraction of sp³-hybridized carbons (Fsp3) is 0.516. The largest absolute Gasteiger partial charge is 0.463 e. The lowest BCUT2D eigenvalue weighted by atomic mass is 9.87. The van der Waals surface area contributed by atoms with Crippen molar-refractivity contribution in [1.29, 1.82) is 5.26 Å². The van der Waals surface area contributed by atoms with E-state index in [1.165, 1.54) is 0 Å². The third-order valence-corrected chi connectivity index (χ3v) is 9.09. The second-order valence-electron chi connectivity index (χ2n) is 11.8. The van der Waals surface area contributed by atoms with E-state index >= 15 is 0 Å². The minimum Gasteiger partial charge on any atom is -0.463 e. The van der Waals surface area contributed by atoms with E-state index in [1.807, 2.05) is 49.6 Å². The summed E-state index contributed by atoms with van der Waals surface area (Å²) in [6.45, 7) is 9.80. The van der Waals surface area contributed by atoms with Crippen LogP contribution in [0.25, 0.3) is 10.9 Å². The number of ether oxygens (including phenoxy) is 2. The molecule has 1 amide bonds. The van der Waals surface area contributed by atoms with E-state index in [-0.39, 0.29) is 30.4 Å². The molecule has 5 rings (SSSR count). The summed E-state index contributed by atoms with van der Waals surface area (Å²) >= 11 is 1.88. The number of hydrogen-bond acceptors (Lipinski definition) is 9. The van der Waals surface area contributed by atoms with Gasteiger partial charge in [0.25, 0.3) is 11.5 Å². The van der Waals surface area contributed by atoms with E-state index in [1.54, 1.807) is 23.0 Å². The van der Waals surface area contributed by atoms with Gasteiger partial charge < -0.3 is 24.7 Å². The number of esters is 1. The number of thioether (sulfide) groups is 1. The first kappa shape index (κ1) is 30.6. The van der Waals surface area contributed by atoms with Gasteiger partial charge in [-0.3, -0.25) is 14.3 Å². The SMILES string of the molecule is Cc1cc(Nc2nn([C@]3(CC#N)CC[C@@H](C(=O)OCC(C)C)OC3)c3cc[nH]c(=O)c23)ccc1C(=O)N1CCSC(C)C1. The molecule has 2 aliphatic rings. The number of nitriles is 1. The Morgan fingerprint density at radius 2 is 2.16 bits per heavy atom. The summed E-state index contributed by atoms with van der Waals surface area (Å²) in [5.41, 5.74) is 1.47. The number of pyridine rings is 1. The van der Waals surface area contributed by atoms with Crippen molar-refractivity contribution in [2.24, 2.45) is 5.92 Å². The zero-order chi connectivity index (χ0) is 30.7. The third-order valence-electron chi connectivity index (χ3n) is 7.96. The van der Waals surface area contributed by atoms with Crippen LogP contribution in [-0.2, 0) is 19.8 Å². The summed E-state index contributed by atoms with van der Waals surface area (Å²) < 4.78 is 13.0. The molecule has 2 N–H and O–H groups in total. The molecule has 0 spiro atoms. The fourth-order valence-corrected chi connectivity index (χ4v) is 6.70. The maximum Gasteiger partial charge on any atom is 0.335 e. The van der Waals surface area contributed by atoms with E-state index in [2.05, 4.69) is 23.3 Å². The molecule has 2 saturated heterocycles. The minimum absolute atomic E-state index is 0.0181. The highest BCUT2D eigenvalue weighted by Gasteiger charge is 2.42. The summed E-state index contributed by atoms with van der Waals surface area (Å²) in [4.78, 5) is 43.5. The van der Waals surface area contributed by atoms with Crippen LogP contribution in [0.5, 0.6) is 0 Å². The third kappa shape index (κ3) is 6.43. The normalized spacial score (nSPS) is 22.4. The molecule has 2 aliphatic heterocycles. The number of aromatic amines is 1. The molecule has 1 unspecified atom stereocenters. The molecule has 1 aromatic carbocycles. The van der Waals surface area contributed by atoms with Gasteiger partial charge in [-0.1, -0.05) is 20.8 Å². The number of benzene rings is 1. The smallest absolute Gasteiger partial charge is 0.335 e. The Labute approximate surface area is 254 Å². The predicted octanol–water partition coefficient (Wildman–Crippen LogP) is 4.34. The number of carbonyl (C=O) groups is 2. The molecule has 11 nitrogen and oxygen atoms in total. The molecule has 4 heterocycles. The van der Waals surface area contributed by atoms with Crippen LogP contribution in [-0.4, -0.2) is 75.0 Å². The lowest BCUT2D eigenvalue weighted by Gasteiger charge is -2.38. The molecule has 0 bridgehead atoms. The summed E-state index contributed by atoms with van der Waals surface area (Å²) in [5, 5.41) is 18.6. The monoisotopic (exact) mass is 606 g/mol. The minimum atomic E-state index is -0.883. The molecule has 3 aromatic rings. The standard InChI is InChI=1S/C31H38N6O5S/c1-19(2)17-41-30(40)25-7-9-31(10-11-32,18-42-25)37-24-8-12-33-28(38)26(24)27(35-37)34-22-5-6-23(20(3)15-22)29(39)36-13-14-43-21(4)16-36/h5-6,8,12,15,19,21,25H,7,9-10,13-14,16-18H2,1-4H3,(H,33,38)(H,34,35)/t21?,25-,31-/m0/s1. The Morgan fingerprint density at radius 3 is 2.84 bits per heavy atom. The lowest BCUT2D eigenvalue weighted by Crippen LogP contribution is -2.47. The van der Waals surface area contributed by atoms with Gasteiger partial charge in [-0.2, -0.15) is 22.1 Å². The van der Waals surface area contributed by atoms with Crippen LogP contribution in [0.3, 0.4) is 0 Å². The van der Waals surface area contributed by atoms with E-state index in [0.717, 1.165) is 24.4 Å². The topological polar surface area (TPSA) is 142 Å². The molecule has 228 valence electrons. The van der Waals surface area contributed by atoms with Gasteiger partial charge in [0.2, 0.25) is 0 Å². The Kier molecular flexibility index (Phi) is 9.13. The molecule has 0 radical (unpaired) electrons. The first-order valence-corrected chi connectivity index (χ1v) is 15.7. The highest BCUT2D eigenvalue weighted by atomic mass is 32.2. The van der Waals surface area contributed by atoms with Gasteiger partial charge >= 0.3 is 5.97 Å². The van der Waals surface area contributed by atoms with Crippen molar-refractivity contribution in [3.05, 3.63) is 51.9 Å². The van der Waals surface area contributed by atoms with Gasteiger partial charge in [-0.25, -0.2) is 4.79 Å². The van der Waals surface area contributed by atoms with Crippen molar-refractivity contribution in [1.82, 2.24) is 19.7 Å². The fourth-order valence-electron chi connectivity index (χ4n) is 5.68. The summed E-state index contributed by atoms with van der Waals surface area (Å²) in [6.07, 6.45) is 1.70. The van der Waals surface area contributed by atoms with Crippen molar-refractivity contribution < 1.29 is 19.1 Å². The van der Waals surface area contributed by atoms with Crippen LogP contribution in [0.4, 0.5) is 11.5 Å². The van der Waals surface area contributed by atoms with Gasteiger partial charge in [0.15, 0.2) is 11.9 Å². The van der Waals surface area contributed by atoms with E-state index in [9.17, 15) is 19.6 Å². The quantitative estimate of drug-likeness (QED) is 0.358. The summed E-state index contributed by atoms with van der Waals surface area (Å²) in [7, 11) is 0. The molecule has 0 aliphatic carbocycles. The molecular weight excluding hydrogens is 568 g/mol. The zero-order valence-corrected chi connectivity index (χ0v) is 25.8. The first-order valence-electron chi connectivity index (χ1n) is 14.7. The number of fused-ring (bicyclic) bond motifs is 1. The average molecular weight is 607 g/mol. The van der Waals surface area contributed by atoms with E-state index in [0.29, 0.717) is 52.7 Å². The average Bonchev–Trinajstić information content (AvgIpc) is 3.36. The van der Waals surface area contributed by atoms with E-state index < -0.39 is 17.6 Å². The van der Waals surface area contributed by atoms with Gasteiger partial charge in [-0.15, -0.1) is 0 Å². The molecule has 2 aromatic heterocycles. The molecular formula is C31H38N6O5S. The molecule has 12 heteroatoms. The van der Waals surface area contributed by atoms with Crippen LogP contribution in [0.2, 0.25) is 0 Å². The zero-order valence-electron chi connectivity index (χ0n) is 25.0. The van der Waals surface area contributed by atoms with Crippen LogP contribution >= 0.6 is 11.8 Å². The Balaban J connectivity index is 1.42. The molecule has 0 saturated carbocycles. The number of aryl methyl sites for hydroxylation is 1. The summed E-state index contributed by atoms with van der Waals surface area (Å²) in [6, 6.07) is 9.50. The highest BCUT2D eigenvalue weighted by Crippen LogP contribution is 2.37. The van der Waals surface area contributed by atoms with Gasteiger partial charge in [0.1, 0.15) is 5.39 Å². The Hall–Kier alpha value is -3.82. The predicted molar refractivity (Wildman–Crippen MR) is 166 cm³/mol. The molecule has 2 fully saturated rings. The molecule has 3 atom stereocenters. The van der Waals surface area contributed by atoms with Gasteiger partial charge in [-0.05, 0) is 55.5 Å². The number of carbonyl (C=O) groups excluding carboxylic acids is 2. The van der Waals surface area contributed by atoms with Crippen molar-refractivity contribution in [2.45, 2.75) is 63.9 Å². The Morgan fingerprint density at radius 1 is 1.35 bits per heavy atom. The van der Waals surface area contributed by atoms with Crippen LogP contribution < -0.4 is 10.9 Å². The second-order valence-corrected chi connectivity index (χ2v) is 13.4. The number of nitrogens with one attached hydrogen (secondary N) is 2. The summed E-state index contributed by atoms with van der Waals surface area (Å²) in [5.74, 6) is 1.08. The van der Waals surface area contributed by atoms with Crippen molar-refractivity contribution in [2.75, 3.05) is 37.4 Å². The lowest BCUT2D eigenvalue weighted by molar-refractivity contribution is -0.166. The first-order chi connectivity index (χ1) is 20.6. The van der Waals surface area contributed by atoms with Gasteiger partial charge in [0.05, 0.1) is 36.8 Å². The number of nitrogens with zero attached hydrogens (tertiary/aromatic N) is 4. The maximum absolute atomic E-state index is 13.2. The molecule has 43 heavy (non-hydrogen) atoms. The number of amides is 1. The van der Waals surface area contributed by atoms with Gasteiger partial charge in [0, 0.05) is 41.5 Å². The Bertz CT molecular complexity index is 1600. The van der Waals surface area contributed by atoms with E-state index in [4.69, 9.17) is 14.6 Å². The van der Waals surface area contributed by atoms with Crippen molar-refractivity contribution >= 4 is 46.0 Å². The number of rotatable bonds is 8. The van der Waals surface area contributed by atoms with Crippen LogP contribution in [0.15, 0.2) is 35.3 Å². The van der Waals surface area contributed by atoms with Crippen LogP contribution in [0.1, 0.15) is 56.0 Å².